The van der Waals surface area contributed by atoms with E-state index in [1.807, 2.05) is 0 Å². The van der Waals surface area contributed by atoms with Gasteiger partial charge in [0.15, 0.2) is 5.69 Å². The molecule has 2 rings (SSSR count). The van der Waals surface area contributed by atoms with Crippen molar-refractivity contribution in [3.8, 4) is 11.3 Å². The molecule has 0 bridgehead atoms. The minimum absolute atomic E-state index is 0.0537. The van der Waals surface area contributed by atoms with Crippen LogP contribution in [0.1, 0.15) is 0 Å². The normalized spacial score (nSPS) is 10.2. The monoisotopic (exact) mass is 208 g/mol. The van der Waals surface area contributed by atoms with E-state index in [0.29, 0.717) is 0 Å². The van der Waals surface area contributed by atoms with Gasteiger partial charge < -0.3 is 4.52 Å². The van der Waals surface area contributed by atoms with E-state index >= 15 is 0 Å². The van der Waals surface area contributed by atoms with E-state index in [1.165, 1.54) is 18.2 Å². The van der Waals surface area contributed by atoms with Crippen LogP contribution in [0.2, 0.25) is 0 Å². The lowest BCUT2D eigenvalue weighted by Crippen LogP contribution is -1.91. The molecule has 6 heteroatoms. The molecule has 0 aliphatic rings. The third kappa shape index (κ3) is 1.56. The molecule has 0 saturated carbocycles. The first-order valence-electron chi connectivity index (χ1n) is 4.04. The Kier molecular flexibility index (Phi) is 2.17. The summed E-state index contributed by atoms with van der Waals surface area (Å²) in [5.74, 6) is -0.575. The molecule has 0 saturated heterocycles. The number of halogens is 1. The zero-order valence-corrected chi connectivity index (χ0v) is 7.38. The van der Waals surface area contributed by atoms with E-state index in [2.05, 4.69) is 9.68 Å². The summed E-state index contributed by atoms with van der Waals surface area (Å²) in [6.45, 7) is 0. The molecular weight excluding hydrogens is 203 g/mol. The van der Waals surface area contributed by atoms with E-state index in [9.17, 15) is 14.5 Å². The van der Waals surface area contributed by atoms with Gasteiger partial charge >= 0.3 is 5.69 Å². The van der Waals surface area contributed by atoms with Gasteiger partial charge in [-0.2, -0.15) is 0 Å². The van der Waals surface area contributed by atoms with Crippen LogP contribution in [0.3, 0.4) is 0 Å². The number of nitro groups is 1. The quantitative estimate of drug-likeness (QED) is 0.561. The minimum atomic E-state index is -0.668. The second kappa shape index (κ2) is 3.49. The van der Waals surface area contributed by atoms with Gasteiger partial charge in [0, 0.05) is 5.56 Å². The predicted octanol–water partition coefficient (Wildman–Crippen LogP) is 2.39. The number of aromatic nitrogens is 1. The Hall–Kier alpha value is -2.24. The molecule has 0 spiro atoms. The fourth-order valence-corrected chi connectivity index (χ4v) is 1.20. The Bertz CT molecular complexity index is 510. The first-order chi connectivity index (χ1) is 7.20. The van der Waals surface area contributed by atoms with E-state index in [-0.39, 0.29) is 16.9 Å². The van der Waals surface area contributed by atoms with Crippen LogP contribution in [0.15, 0.2) is 35.1 Å². The highest BCUT2D eigenvalue weighted by Gasteiger charge is 2.22. The van der Waals surface area contributed by atoms with Gasteiger partial charge in [0.1, 0.15) is 5.82 Å². The lowest BCUT2D eigenvalue weighted by Gasteiger charge is -1.96. The summed E-state index contributed by atoms with van der Waals surface area (Å²) >= 11 is 0. The summed E-state index contributed by atoms with van der Waals surface area (Å²) in [6.07, 6.45) is 0.877. The number of rotatable bonds is 2. The van der Waals surface area contributed by atoms with Crippen LogP contribution in [0.25, 0.3) is 11.3 Å². The number of nitrogens with zero attached hydrogens (tertiary/aromatic N) is 2. The van der Waals surface area contributed by atoms with Crippen LogP contribution in [0.4, 0.5) is 10.1 Å². The fraction of sp³-hybridized carbons (Fsp3) is 0. The lowest BCUT2D eigenvalue weighted by atomic mass is 10.1. The highest BCUT2D eigenvalue weighted by molar-refractivity contribution is 5.68. The van der Waals surface area contributed by atoms with Crippen molar-refractivity contribution in [3.63, 3.8) is 0 Å². The summed E-state index contributed by atoms with van der Waals surface area (Å²) in [6, 6.07) is 5.66. The van der Waals surface area contributed by atoms with Crippen LogP contribution in [-0.4, -0.2) is 10.1 Å². The van der Waals surface area contributed by atoms with E-state index in [0.717, 1.165) is 6.26 Å². The second-order valence-corrected chi connectivity index (χ2v) is 2.79. The van der Waals surface area contributed by atoms with Gasteiger partial charge in [-0.05, 0) is 12.1 Å². The zero-order valence-electron chi connectivity index (χ0n) is 7.38. The van der Waals surface area contributed by atoms with Gasteiger partial charge in [-0.15, -0.1) is 0 Å². The Morgan fingerprint density at radius 1 is 1.40 bits per heavy atom. The number of benzene rings is 1. The summed E-state index contributed by atoms with van der Waals surface area (Å²) in [5, 5.41) is 14.0. The average Bonchev–Trinajstić information content (AvgIpc) is 2.67. The Balaban J connectivity index is 2.59. The van der Waals surface area contributed by atoms with Gasteiger partial charge in [0.25, 0.3) is 0 Å². The molecule has 0 fully saturated rings. The first-order valence-corrected chi connectivity index (χ1v) is 4.04. The van der Waals surface area contributed by atoms with Crippen LogP contribution in [0.5, 0.6) is 0 Å². The molecule has 15 heavy (non-hydrogen) atoms. The van der Waals surface area contributed by atoms with Gasteiger partial charge in [-0.3, -0.25) is 10.1 Å². The van der Waals surface area contributed by atoms with Crippen molar-refractivity contribution in [2.45, 2.75) is 0 Å². The van der Waals surface area contributed by atoms with E-state index in [1.54, 1.807) is 6.07 Å². The van der Waals surface area contributed by atoms with Crippen molar-refractivity contribution < 1.29 is 13.8 Å². The van der Waals surface area contributed by atoms with Gasteiger partial charge in [0.2, 0.25) is 6.26 Å². The van der Waals surface area contributed by atoms with Crippen LogP contribution in [-0.2, 0) is 0 Å². The highest BCUT2D eigenvalue weighted by Crippen LogP contribution is 2.29. The van der Waals surface area contributed by atoms with Gasteiger partial charge in [-0.25, -0.2) is 4.39 Å². The smallest absolute Gasteiger partial charge is 0.336 e. The molecule has 0 atom stereocenters. The zero-order chi connectivity index (χ0) is 10.8. The van der Waals surface area contributed by atoms with Crippen LogP contribution >= 0.6 is 0 Å². The van der Waals surface area contributed by atoms with Gasteiger partial charge in [0.05, 0.1) is 4.92 Å². The number of hydrogen-bond acceptors (Lipinski definition) is 4. The molecule has 1 aromatic heterocycles. The molecule has 0 aliphatic heterocycles. The highest BCUT2D eigenvalue weighted by atomic mass is 19.1. The van der Waals surface area contributed by atoms with E-state index in [4.69, 9.17) is 0 Å². The molecule has 0 N–H and O–H groups in total. The SMILES string of the molecule is O=[N+]([O-])c1conc1-c1ccccc1F. The van der Waals surface area contributed by atoms with E-state index < -0.39 is 10.7 Å². The van der Waals surface area contributed by atoms with Crippen molar-refractivity contribution in [1.82, 2.24) is 5.16 Å². The standard InChI is InChI=1S/C9H5FN2O3/c10-7-4-2-1-3-6(7)9-8(12(13)14)5-15-11-9/h1-5H. The lowest BCUT2D eigenvalue weighted by molar-refractivity contribution is -0.384. The first kappa shape index (κ1) is 9.32. The molecule has 1 aromatic carbocycles. The predicted molar refractivity (Wildman–Crippen MR) is 48.6 cm³/mol. The Morgan fingerprint density at radius 2 is 2.13 bits per heavy atom. The fourth-order valence-electron chi connectivity index (χ4n) is 1.20. The maximum absolute atomic E-state index is 13.3. The molecular formula is C9H5FN2O3. The molecule has 0 radical (unpaired) electrons. The van der Waals surface area contributed by atoms with Crippen molar-refractivity contribution in [3.05, 3.63) is 46.5 Å². The van der Waals surface area contributed by atoms with Crippen LogP contribution in [0, 0.1) is 15.9 Å². The second-order valence-electron chi connectivity index (χ2n) is 2.79. The molecule has 0 amide bonds. The molecule has 5 nitrogen and oxygen atoms in total. The summed E-state index contributed by atoms with van der Waals surface area (Å²) < 4.78 is 17.8. The molecule has 2 aromatic rings. The summed E-state index contributed by atoms with van der Waals surface area (Å²) in [5.41, 5.74) is -0.392. The number of hydrogen-bond donors (Lipinski definition) is 0. The molecule has 0 aliphatic carbocycles. The maximum Gasteiger partial charge on any atom is 0.336 e. The Labute approximate surface area is 83.3 Å². The third-order valence-electron chi connectivity index (χ3n) is 1.88. The molecule has 0 unspecified atom stereocenters. The molecule has 76 valence electrons. The van der Waals surface area contributed by atoms with Crippen molar-refractivity contribution in [1.29, 1.82) is 0 Å². The summed E-state index contributed by atoms with van der Waals surface area (Å²) in [7, 11) is 0. The minimum Gasteiger partial charge on any atom is -0.357 e. The van der Waals surface area contributed by atoms with Crippen LogP contribution < -0.4 is 0 Å². The molecule has 1 heterocycles. The summed E-state index contributed by atoms with van der Waals surface area (Å²) in [4.78, 5) is 9.88. The van der Waals surface area contributed by atoms with Crippen molar-refractivity contribution >= 4 is 5.69 Å². The third-order valence-corrected chi connectivity index (χ3v) is 1.88. The average molecular weight is 208 g/mol. The largest absolute Gasteiger partial charge is 0.357 e. The van der Waals surface area contributed by atoms with Crippen molar-refractivity contribution in [2.75, 3.05) is 0 Å². The van der Waals surface area contributed by atoms with Crippen molar-refractivity contribution in [2.24, 2.45) is 0 Å². The maximum atomic E-state index is 13.3. The Morgan fingerprint density at radius 3 is 2.80 bits per heavy atom. The van der Waals surface area contributed by atoms with Gasteiger partial charge in [-0.1, -0.05) is 17.3 Å². The topological polar surface area (TPSA) is 69.2 Å².